The van der Waals surface area contributed by atoms with Gasteiger partial charge in [-0.05, 0) is 12.0 Å². The van der Waals surface area contributed by atoms with Crippen molar-refractivity contribution in [3.63, 3.8) is 0 Å². The Morgan fingerprint density at radius 3 is 2.53 bits per heavy atom. The van der Waals surface area contributed by atoms with Crippen molar-refractivity contribution in [3.8, 4) is 6.07 Å². The lowest BCUT2D eigenvalue weighted by molar-refractivity contribution is -0.385. The number of nitriles is 1. The molecule has 0 aliphatic rings. The number of carboxylic acids is 1. The van der Waals surface area contributed by atoms with Crippen LogP contribution in [0.1, 0.15) is 23.6 Å². The molecule has 0 atom stereocenters. The number of carboxylic acid groups (broad SMARTS) is 1. The van der Waals surface area contributed by atoms with Crippen molar-refractivity contribution in [2.45, 2.75) is 19.8 Å². The van der Waals surface area contributed by atoms with Gasteiger partial charge in [0, 0.05) is 5.56 Å². The molecule has 0 amide bonds. The standard InChI is InChI=1S/C11H10N2O4/c1-2-7-3-4-8(5-10(14)15)9(6-12)11(7)13(16)17/h3-4H,2,5H2,1H3,(H,14,15). The SMILES string of the molecule is CCc1ccc(CC(=O)O)c(C#N)c1[N+](=O)[O-]. The molecule has 17 heavy (non-hydrogen) atoms. The molecule has 0 aromatic heterocycles. The number of hydrogen-bond acceptors (Lipinski definition) is 4. The number of nitro benzene ring substituents is 1. The number of benzene rings is 1. The number of nitro groups is 1. The first-order valence-corrected chi connectivity index (χ1v) is 4.92. The average molecular weight is 234 g/mol. The number of rotatable bonds is 4. The second kappa shape index (κ2) is 5.07. The van der Waals surface area contributed by atoms with Gasteiger partial charge in [-0.3, -0.25) is 14.9 Å². The van der Waals surface area contributed by atoms with Gasteiger partial charge < -0.3 is 5.11 Å². The first kappa shape index (κ1) is 12.6. The van der Waals surface area contributed by atoms with Crippen molar-refractivity contribution in [2.75, 3.05) is 0 Å². The van der Waals surface area contributed by atoms with Crippen LogP contribution in [0.25, 0.3) is 0 Å². The number of aliphatic carboxylic acids is 1. The molecule has 1 N–H and O–H groups in total. The molecule has 0 unspecified atom stereocenters. The third kappa shape index (κ3) is 2.58. The van der Waals surface area contributed by atoms with E-state index in [1.807, 2.05) is 0 Å². The van der Waals surface area contributed by atoms with Crippen molar-refractivity contribution < 1.29 is 14.8 Å². The first-order valence-electron chi connectivity index (χ1n) is 4.92. The van der Waals surface area contributed by atoms with Gasteiger partial charge in [-0.1, -0.05) is 19.1 Å². The fourth-order valence-electron chi connectivity index (χ4n) is 1.60. The summed E-state index contributed by atoms with van der Waals surface area (Å²) < 4.78 is 0. The molecule has 88 valence electrons. The summed E-state index contributed by atoms with van der Waals surface area (Å²) in [5, 5.41) is 28.5. The van der Waals surface area contributed by atoms with E-state index in [1.54, 1.807) is 13.0 Å². The highest BCUT2D eigenvalue weighted by molar-refractivity contribution is 5.73. The molecule has 0 saturated carbocycles. The van der Waals surface area contributed by atoms with E-state index in [4.69, 9.17) is 10.4 Å². The summed E-state index contributed by atoms with van der Waals surface area (Å²) in [5.41, 5.74) is 0.162. The summed E-state index contributed by atoms with van der Waals surface area (Å²) in [5.74, 6) is -1.12. The van der Waals surface area contributed by atoms with Crippen molar-refractivity contribution in [2.24, 2.45) is 0 Å². The van der Waals surface area contributed by atoms with Gasteiger partial charge in [0.25, 0.3) is 5.69 Å². The Bertz CT molecular complexity index is 517. The average Bonchev–Trinajstić information content (AvgIpc) is 2.27. The van der Waals surface area contributed by atoms with Crippen LogP contribution in [0, 0.1) is 21.4 Å². The largest absolute Gasteiger partial charge is 0.481 e. The van der Waals surface area contributed by atoms with E-state index in [9.17, 15) is 14.9 Å². The molecule has 6 nitrogen and oxygen atoms in total. The Morgan fingerprint density at radius 2 is 2.12 bits per heavy atom. The number of hydrogen-bond donors (Lipinski definition) is 1. The summed E-state index contributed by atoms with van der Waals surface area (Å²) in [6, 6.07) is 4.67. The molecular weight excluding hydrogens is 224 g/mol. The molecule has 0 spiro atoms. The van der Waals surface area contributed by atoms with Gasteiger partial charge in [-0.15, -0.1) is 0 Å². The maximum Gasteiger partial charge on any atom is 0.307 e. The Labute approximate surface area is 97.3 Å². The molecular formula is C11H10N2O4. The van der Waals surface area contributed by atoms with E-state index < -0.39 is 17.3 Å². The van der Waals surface area contributed by atoms with E-state index in [0.717, 1.165) is 0 Å². The van der Waals surface area contributed by atoms with Crippen molar-refractivity contribution in [1.82, 2.24) is 0 Å². The second-order valence-corrected chi connectivity index (χ2v) is 3.40. The lowest BCUT2D eigenvalue weighted by atomic mass is 9.98. The van der Waals surface area contributed by atoms with Crippen LogP contribution in [0.5, 0.6) is 0 Å². The Hall–Kier alpha value is -2.42. The summed E-state index contributed by atoms with van der Waals surface area (Å²) in [4.78, 5) is 20.9. The van der Waals surface area contributed by atoms with Crippen LogP contribution >= 0.6 is 0 Å². The molecule has 1 aromatic carbocycles. The molecule has 0 aliphatic carbocycles. The Balaban J connectivity index is 3.47. The fraction of sp³-hybridized carbons (Fsp3) is 0.273. The summed E-state index contributed by atoms with van der Waals surface area (Å²) in [6.07, 6.45) is 0.0199. The second-order valence-electron chi connectivity index (χ2n) is 3.40. The molecule has 0 saturated heterocycles. The van der Waals surface area contributed by atoms with Gasteiger partial charge in [0.15, 0.2) is 0 Å². The topological polar surface area (TPSA) is 104 Å². The molecule has 6 heteroatoms. The molecule has 1 rings (SSSR count). The van der Waals surface area contributed by atoms with Crippen LogP contribution in [0.2, 0.25) is 0 Å². The van der Waals surface area contributed by atoms with Crippen molar-refractivity contribution in [3.05, 3.63) is 38.9 Å². The minimum absolute atomic E-state index is 0.156. The van der Waals surface area contributed by atoms with Crippen molar-refractivity contribution in [1.29, 1.82) is 5.26 Å². The minimum Gasteiger partial charge on any atom is -0.481 e. The van der Waals surface area contributed by atoms with E-state index in [2.05, 4.69) is 0 Å². The zero-order valence-corrected chi connectivity index (χ0v) is 9.14. The van der Waals surface area contributed by atoms with Gasteiger partial charge in [-0.25, -0.2) is 0 Å². The predicted molar refractivity (Wildman–Crippen MR) is 58.5 cm³/mol. The first-order chi connectivity index (χ1) is 8.01. The lowest BCUT2D eigenvalue weighted by Gasteiger charge is -2.05. The molecule has 0 heterocycles. The van der Waals surface area contributed by atoms with E-state index >= 15 is 0 Å². The number of aryl methyl sites for hydroxylation is 1. The molecule has 0 aliphatic heterocycles. The molecule has 0 fully saturated rings. The Kier molecular flexibility index (Phi) is 3.78. The highest BCUT2D eigenvalue weighted by Gasteiger charge is 2.22. The zero-order chi connectivity index (χ0) is 13.0. The summed E-state index contributed by atoms with van der Waals surface area (Å²) >= 11 is 0. The van der Waals surface area contributed by atoms with Gasteiger partial charge in [0.1, 0.15) is 11.6 Å². The van der Waals surface area contributed by atoms with Crippen LogP contribution in [-0.4, -0.2) is 16.0 Å². The number of carbonyl (C=O) groups is 1. The van der Waals surface area contributed by atoms with Crippen molar-refractivity contribution >= 4 is 11.7 Å². The van der Waals surface area contributed by atoms with Gasteiger partial charge in [0.2, 0.25) is 0 Å². The van der Waals surface area contributed by atoms with Gasteiger partial charge in [-0.2, -0.15) is 5.26 Å². The fourth-order valence-corrected chi connectivity index (χ4v) is 1.60. The summed E-state index contributed by atoms with van der Waals surface area (Å²) in [6.45, 7) is 1.74. The van der Waals surface area contributed by atoms with Gasteiger partial charge >= 0.3 is 5.97 Å². The van der Waals surface area contributed by atoms with Gasteiger partial charge in [0.05, 0.1) is 11.3 Å². The van der Waals surface area contributed by atoms with Crippen LogP contribution in [0.4, 0.5) is 5.69 Å². The highest BCUT2D eigenvalue weighted by atomic mass is 16.6. The zero-order valence-electron chi connectivity index (χ0n) is 9.14. The Morgan fingerprint density at radius 1 is 1.53 bits per heavy atom. The van der Waals surface area contributed by atoms with E-state index in [0.29, 0.717) is 12.0 Å². The predicted octanol–water partition coefficient (Wildman–Crippen LogP) is 1.66. The third-order valence-electron chi connectivity index (χ3n) is 2.36. The molecule has 1 aromatic rings. The normalized spacial score (nSPS) is 9.65. The van der Waals surface area contributed by atoms with Crippen LogP contribution in [0.15, 0.2) is 12.1 Å². The maximum absolute atomic E-state index is 10.9. The van der Waals surface area contributed by atoms with E-state index in [1.165, 1.54) is 12.1 Å². The highest BCUT2D eigenvalue weighted by Crippen LogP contribution is 2.27. The quantitative estimate of drug-likeness (QED) is 0.630. The van der Waals surface area contributed by atoms with Crippen LogP contribution in [0.3, 0.4) is 0 Å². The number of nitrogens with zero attached hydrogens (tertiary/aromatic N) is 2. The smallest absolute Gasteiger partial charge is 0.307 e. The minimum atomic E-state index is -1.12. The van der Waals surface area contributed by atoms with Crippen LogP contribution < -0.4 is 0 Å². The summed E-state index contributed by atoms with van der Waals surface area (Å²) in [7, 11) is 0. The third-order valence-corrected chi connectivity index (χ3v) is 2.36. The van der Waals surface area contributed by atoms with E-state index in [-0.39, 0.29) is 16.8 Å². The molecule has 0 radical (unpaired) electrons. The maximum atomic E-state index is 10.9. The molecule has 0 bridgehead atoms. The lowest BCUT2D eigenvalue weighted by Crippen LogP contribution is -2.06. The van der Waals surface area contributed by atoms with Crippen LogP contribution in [-0.2, 0) is 17.6 Å². The monoisotopic (exact) mass is 234 g/mol.